The normalized spacial score (nSPS) is 11.8. The molecule has 18 heavy (non-hydrogen) atoms. The van der Waals surface area contributed by atoms with Crippen LogP contribution in [0.15, 0.2) is 11.6 Å². The maximum absolute atomic E-state index is 12.6. The lowest BCUT2D eigenvalue weighted by molar-refractivity contribution is -0.141. The van der Waals surface area contributed by atoms with Gasteiger partial charge in [0.25, 0.3) is 0 Å². The molecule has 2 aromatic rings. The summed E-state index contributed by atoms with van der Waals surface area (Å²) in [4.78, 5) is 14.5. The van der Waals surface area contributed by atoms with Gasteiger partial charge in [-0.05, 0) is 0 Å². The Morgan fingerprint density at radius 3 is 2.56 bits per heavy atom. The number of halogens is 4. The van der Waals surface area contributed by atoms with Crippen molar-refractivity contribution in [3.05, 3.63) is 28.0 Å². The second-order valence-corrected chi connectivity index (χ2v) is 4.27. The van der Waals surface area contributed by atoms with E-state index in [0.29, 0.717) is 4.68 Å². The molecule has 0 aliphatic heterocycles. The molecule has 2 aromatic heterocycles. The standard InChI is InChI=1S/C8H3ClF3N3O2S/c9-5-3(6(16)17)4(8(10,11)12)14-15(5)7-13-1-2-18-7/h1-2H,(H,16,17). The van der Waals surface area contributed by atoms with Gasteiger partial charge in [0.15, 0.2) is 10.8 Å². The van der Waals surface area contributed by atoms with Gasteiger partial charge in [-0.15, -0.1) is 11.3 Å². The van der Waals surface area contributed by atoms with Crippen molar-refractivity contribution in [1.82, 2.24) is 14.8 Å². The zero-order valence-electron chi connectivity index (χ0n) is 8.27. The Hall–Kier alpha value is -1.61. The number of carboxylic acid groups (broad SMARTS) is 1. The molecule has 0 bridgehead atoms. The summed E-state index contributed by atoms with van der Waals surface area (Å²) in [5.74, 6) is -1.80. The van der Waals surface area contributed by atoms with Crippen LogP contribution in [-0.4, -0.2) is 25.8 Å². The molecule has 0 saturated heterocycles. The predicted molar refractivity (Wildman–Crippen MR) is 56.2 cm³/mol. The van der Waals surface area contributed by atoms with Crippen molar-refractivity contribution in [2.45, 2.75) is 6.18 Å². The molecule has 1 N–H and O–H groups in total. The summed E-state index contributed by atoms with van der Waals surface area (Å²) in [5, 5.41) is 12.9. The van der Waals surface area contributed by atoms with Crippen LogP contribution in [-0.2, 0) is 6.18 Å². The summed E-state index contributed by atoms with van der Waals surface area (Å²) in [6, 6.07) is 0. The SMILES string of the molecule is O=C(O)c1c(C(F)(F)F)nn(-c2nccs2)c1Cl. The summed E-state index contributed by atoms with van der Waals surface area (Å²) in [7, 11) is 0. The lowest BCUT2D eigenvalue weighted by Crippen LogP contribution is -2.12. The van der Waals surface area contributed by atoms with E-state index in [2.05, 4.69) is 10.1 Å². The monoisotopic (exact) mass is 297 g/mol. The molecule has 0 aliphatic rings. The van der Waals surface area contributed by atoms with Crippen molar-refractivity contribution < 1.29 is 23.1 Å². The number of thiazole rings is 1. The van der Waals surface area contributed by atoms with E-state index in [9.17, 15) is 18.0 Å². The van der Waals surface area contributed by atoms with E-state index in [1.54, 1.807) is 0 Å². The Balaban J connectivity index is 2.69. The van der Waals surface area contributed by atoms with Crippen molar-refractivity contribution >= 4 is 28.9 Å². The van der Waals surface area contributed by atoms with Gasteiger partial charge in [0.2, 0.25) is 5.13 Å². The van der Waals surface area contributed by atoms with Crippen molar-refractivity contribution in [3.63, 3.8) is 0 Å². The van der Waals surface area contributed by atoms with Crippen molar-refractivity contribution in [1.29, 1.82) is 0 Å². The molecule has 2 rings (SSSR count). The number of nitrogens with zero attached hydrogens (tertiary/aromatic N) is 3. The number of hydrogen-bond donors (Lipinski definition) is 1. The zero-order valence-corrected chi connectivity index (χ0v) is 9.84. The highest BCUT2D eigenvalue weighted by atomic mass is 35.5. The molecule has 0 radical (unpaired) electrons. The van der Waals surface area contributed by atoms with Gasteiger partial charge < -0.3 is 5.11 Å². The van der Waals surface area contributed by atoms with Crippen LogP contribution in [0.2, 0.25) is 5.15 Å². The Kier molecular flexibility index (Phi) is 3.03. The van der Waals surface area contributed by atoms with Crippen LogP contribution in [0, 0.1) is 0 Å². The minimum absolute atomic E-state index is 0.0537. The van der Waals surface area contributed by atoms with Crippen molar-refractivity contribution in [2.75, 3.05) is 0 Å². The lowest BCUT2D eigenvalue weighted by Gasteiger charge is -2.02. The highest BCUT2D eigenvalue weighted by Crippen LogP contribution is 2.35. The van der Waals surface area contributed by atoms with Gasteiger partial charge in [0.05, 0.1) is 0 Å². The summed E-state index contributed by atoms with van der Waals surface area (Å²) < 4.78 is 38.5. The van der Waals surface area contributed by atoms with Gasteiger partial charge in [-0.25, -0.2) is 9.78 Å². The number of hydrogen-bond acceptors (Lipinski definition) is 4. The van der Waals surface area contributed by atoms with Crippen LogP contribution in [0.1, 0.15) is 16.1 Å². The quantitative estimate of drug-likeness (QED) is 0.925. The van der Waals surface area contributed by atoms with Crippen LogP contribution < -0.4 is 0 Å². The first-order chi connectivity index (χ1) is 8.32. The third-order valence-electron chi connectivity index (χ3n) is 1.91. The topological polar surface area (TPSA) is 68.0 Å². The molecular formula is C8H3ClF3N3O2S. The maximum Gasteiger partial charge on any atom is 0.436 e. The number of rotatable bonds is 2. The molecule has 0 aromatic carbocycles. The molecule has 96 valence electrons. The second kappa shape index (κ2) is 4.25. The molecule has 0 aliphatic carbocycles. The molecule has 0 fully saturated rings. The van der Waals surface area contributed by atoms with E-state index >= 15 is 0 Å². The molecule has 5 nitrogen and oxygen atoms in total. The molecule has 0 saturated carbocycles. The summed E-state index contributed by atoms with van der Waals surface area (Å²) in [6.45, 7) is 0. The fourth-order valence-corrected chi connectivity index (χ4v) is 2.17. The summed E-state index contributed by atoms with van der Waals surface area (Å²) in [6.07, 6.45) is -3.56. The first-order valence-electron chi connectivity index (χ1n) is 4.31. The van der Waals surface area contributed by atoms with Gasteiger partial charge in [0.1, 0.15) is 5.56 Å². The molecule has 0 amide bonds. The highest BCUT2D eigenvalue weighted by molar-refractivity contribution is 7.12. The third-order valence-corrected chi connectivity index (χ3v) is 3.01. The van der Waals surface area contributed by atoms with E-state index in [1.165, 1.54) is 11.6 Å². The second-order valence-electron chi connectivity index (χ2n) is 3.04. The van der Waals surface area contributed by atoms with E-state index in [0.717, 1.165) is 11.3 Å². The highest BCUT2D eigenvalue weighted by Gasteiger charge is 2.41. The average molecular weight is 298 g/mol. The van der Waals surface area contributed by atoms with Crippen molar-refractivity contribution in [2.24, 2.45) is 0 Å². The zero-order chi connectivity index (χ0) is 13.5. The minimum atomic E-state index is -4.90. The summed E-state index contributed by atoms with van der Waals surface area (Å²) >= 11 is 6.59. The van der Waals surface area contributed by atoms with Crippen LogP contribution in [0.5, 0.6) is 0 Å². The van der Waals surface area contributed by atoms with Gasteiger partial charge in [-0.2, -0.15) is 23.0 Å². The van der Waals surface area contributed by atoms with Gasteiger partial charge >= 0.3 is 12.1 Å². The fraction of sp³-hybridized carbons (Fsp3) is 0.125. The van der Waals surface area contributed by atoms with Crippen LogP contribution in [0.25, 0.3) is 5.13 Å². The first kappa shape index (κ1) is 12.8. The fourth-order valence-electron chi connectivity index (χ4n) is 1.23. The number of aromatic carboxylic acids is 1. The van der Waals surface area contributed by atoms with E-state index in [-0.39, 0.29) is 5.13 Å². The van der Waals surface area contributed by atoms with Gasteiger partial charge in [0, 0.05) is 11.6 Å². The Bertz CT molecular complexity index is 593. The average Bonchev–Trinajstić information content (AvgIpc) is 2.81. The summed E-state index contributed by atoms with van der Waals surface area (Å²) in [5.41, 5.74) is -2.63. The number of carbonyl (C=O) groups is 1. The smallest absolute Gasteiger partial charge is 0.436 e. The van der Waals surface area contributed by atoms with Gasteiger partial charge in [-0.1, -0.05) is 11.6 Å². The van der Waals surface area contributed by atoms with E-state index in [4.69, 9.17) is 16.7 Å². The molecule has 2 heterocycles. The van der Waals surface area contributed by atoms with Crippen LogP contribution in [0.3, 0.4) is 0 Å². The lowest BCUT2D eigenvalue weighted by atomic mass is 10.2. The number of aromatic nitrogens is 3. The third kappa shape index (κ3) is 2.06. The predicted octanol–water partition coefficient (Wildman–Crippen LogP) is 2.70. The minimum Gasteiger partial charge on any atom is -0.478 e. The largest absolute Gasteiger partial charge is 0.478 e. The Labute approximate surface area is 106 Å². The van der Waals surface area contributed by atoms with Crippen molar-refractivity contribution in [3.8, 4) is 5.13 Å². The number of alkyl halides is 3. The van der Waals surface area contributed by atoms with E-state index < -0.39 is 28.6 Å². The maximum atomic E-state index is 12.6. The Morgan fingerprint density at radius 2 is 2.17 bits per heavy atom. The first-order valence-corrected chi connectivity index (χ1v) is 5.57. The van der Waals surface area contributed by atoms with Crippen LogP contribution in [0.4, 0.5) is 13.2 Å². The van der Waals surface area contributed by atoms with Crippen LogP contribution >= 0.6 is 22.9 Å². The van der Waals surface area contributed by atoms with E-state index in [1.807, 2.05) is 0 Å². The molecular weight excluding hydrogens is 295 g/mol. The molecule has 0 unspecified atom stereocenters. The molecule has 10 heteroatoms. The number of carboxylic acids is 1. The molecule has 0 spiro atoms. The Morgan fingerprint density at radius 1 is 1.50 bits per heavy atom. The van der Waals surface area contributed by atoms with Gasteiger partial charge in [-0.3, -0.25) is 0 Å². The molecule has 0 atom stereocenters.